The van der Waals surface area contributed by atoms with E-state index >= 15 is 0 Å². The van der Waals surface area contributed by atoms with Crippen molar-refractivity contribution in [1.82, 2.24) is 0 Å². The Hall–Kier alpha value is -1.58. The van der Waals surface area contributed by atoms with Crippen LogP contribution in [0.15, 0.2) is 18.2 Å². The summed E-state index contributed by atoms with van der Waals surface area (Å²) in [6, 6.07) is 5.65. The highest BCUT2D eigenvalue weighted by Crippen LogP contribution is 2.32. The Morgan fingerprint density at radius 1 is 1.24 bits per heavy atom. The molecule has 0 bridgehead atoms. The van der Waals surface area contributed by atoms with Gasteiger partial charge in [-0.3, -0.25) is 10.1 Å². The van der Waals surface area contributed by atoms with Gasteiger partial charge < -0.3 is 5.32 Å². The van der Waals surface area contributed by atoms with Crippen LogP contribution in [-0.4, -0.2) is 11.0 Å². The molecule has 0 aromatic heterocycles. The second-order valence-electron chi connectivity index (χ2n) is 6.63. The highest BCUT2D eigenvalue weighted by atomic mass is 16.6. The topological polar surface area (TPSA) is 55.2 Å². The van der Waals surface area contributed by atoms with Gasteiger partial charge in [0.05, 0.1) is 4.92 Å². The monoisotopic (exact) mass is 290 g/mol. The van der Waals surface area contributed by atoms with Crippen molar-refractivity contribution in [3.8, 4) is 0 Å². The first-order valence-electron chi connectivity index (χ1n) is 7.99. The molecule has 116 valence electrons. The highest BCUT2D eigenvalue weighted by molar-refractivity contribution is 5.63. The van der Waals surface area contributed by atoms with Crippen LogP contribution >= 0.6 is 0 Å². The molecule has 4 nitrogen and oxygen atoms in total. The Morgan fingerprint density at radius 2 is 2.00 bits per heavy atom. The molecule has 0 amide bonds. The molecule has 1 fully saturated rings. The quantitative estimate of drug-likeness (QED) is 0.486. The first-order chi connectivity index (χ1) is 9.97. The van der Waals surface area contributed by atoms with E-state index in [0.717, 1.165) is 30.2 Å². The summed E-state index contributed by atoms with van der Waals surface area (Å²) in [4.78, 5) is 10.9. The Balaban J connectivity index is 2.08. The first-order valence-corrected chi connectivity index (χ1v) is 7.99. The molecular weight excluding hydrogens is 264 g/mol. The maximum absolute atomic E-state index is 11.1. The molecule has 1 aliphatic carbocycles. The normalized spacial score (nSPS) is 22.9. The maximum atomic E-state index is 11.1. The lowest BCUT2D eigenvalue weighted by atomic mass is 9.89. The summed E-state index contributed by atoms with van der Waals surface area (Å²) >= 11 is 0. The first kappa shape index (κ1) is 15.8. The van der Waals surface area contributed by atoms with Crippen LogP contribution in [-0.2, 0) is 0 Å². The van der Waals surface area contributed by atoms with E-state index in [0.29, 0.717) is 11.7 Å². The summed E-state index contributed by atoms with van der Waals surface area (Å²) < 4.78 is 0. The highest BCUT2D eigenvalue weighted by Gasteiger charge is 2.23. The van der Waals surface area contributed by atoms with Gasteiger partial charge in [-0.1, -0.05) is 32.8 Å². The van der Waals surface area contributed by atoms with Crippen molar-refractivity contribution in [1.29, 1.82) is 0 Å². The van der Waals surface area contributed by atoms with Crippen LogP contribution in [0.4, 0.5) is 11.4 Å². The zero-order chi connectivity index (χ0) is 15.4. The number of aryl methyl sites for hydroxylation is 1. The lowest BCUT2D eigenvalue weighted by molar-refractivity contribution is -0.384. The van der Waals surface area contributed by atoms with Gasteiger partial charge in [0.2, 0.25) is 0 Å². The fourth-order valence-electron chi connectivity index (χ4n) is 3.29. The molecule has 1 aliphatic rings. The Labute approximate surface area is 127 Å². The van der Waals surface area contributed by atoms with Crippen LogP contribution in [0, 0.1) is 28.9 Å². The summed E-state index contributed by atoms with van der Waals surface area (Å²) in [5.41, 5.74) is 1.91. The number of benzene rings is 1. The number of rotatable bonds is 4. The van der Waals surface area contributed by atoms with Crippen molar-refractivity contribution in [3.63, 3.8) is 0 Å². The minimum Gasteiger partial charge on any atom is -0.377 e. The van der Waals surface area contributed by atoms with Crippen LogP contribution < -0.4 is 5.32 Å². The van der Waals surface area contributed by atoms with Gasteiger partial charge in [0.15, 0.2) is 0 Å². The number of nitro groups is 1. The average molecular weight is 290 g/mol. The third kappa shape index (κ3) is 4.19. The van der Waals surface area contributed by atoms with Crippen molar-refractivity contribution >= 4 is 11.4 Å². The minimum absolute atomic E-state index is 0.185. The summed E-state index contributed by atoms with van der Waals surface area (Å²) in [6.45, 7) is 6.56. The number of nitrogens with one attached hydrogen (secondary N) is 1. The second kappa shape index (κ2) is 6.92. The number of anilines is 1. The molecular formula is C17H26N2O2. The van der Waals surface area contributed by atoms with Gasteiger partial charge in [-0.15, -0.1) is 0 Å². The van der Waals surface area contributed by atoms with E-state index in [1.807, 2.05) is 13.0 Å². The Morgan fingerprint density at radius 3 is 2.67 bits per heavy atom. The molecule has 0 heterocycles. The molecule has 2 atom stereocenters. The largest absolute Gasteiger partial charge is 0.377 e. The summed E-state index contributed by atoms with van der Waals surface area (Å²) in [6.07, 6.45) is 5.92. The molecule has 0 aliphatic heterocycles. The number of nitrogens with zero attached hydrogens (tertiary/aromatic N) is 1. The van der Waals surface area contributed by atoms with Crippen molar-refractivity contribution < 1.29 is 4.92 Å². The van der Waals surface area contributed by atoms with E-state index in [-0.39, 0.29) is 10.6 Å². The predicted molar refractivity (Wildman–Crippen MR) is 86.7 cm³/mol. The van der Waals surface area contributed by atoms with Crippen LogP contribution in [0.1, 0.15) is 51.5 Å². The lowest BCUT2D eigenvalue weighted by Crippen LogP contribution is -2.19. The minimum atomic E-state index is -0.296. The molecule has 21 heavy (non-hydrogen) atoms. The molecule has 2 rings (SSSR count). The third-order valence-corrected chi connectivity index (χ3v) is 4.66. The van der Waals surface area contributed by atoms with E-state index in [2.05, 4.69) is 19.2 Å². The molecule has 4 heteroatoms. The molecule has 0 spiro atoms. The van der Waals surface area contributed by atoms with E-state index in [4.69, 9.17) is 0 Å². The van der Waals surface area contributed by atoms with Gasteiger partial charge >= 0.3 is 0 Å². The zero-order valence-electron chi connectivity index (χ0n) is 13.3. The SMILES string of the molecule is Cc1ccc([N+](=O)[O-])c(NC2CCCC(C(C)C)CC2)c1. The van der Waals surface area contributed by atoms with Gasteiger partial charge in [-0.2, -0.15) is 0 Å². The molecule has 1 aromatic carbocycles. The Kier molecular flexibility index (Phi) is 5.21. The number of hydrogen-bond acceptors (Lipinski definition) is 3. The summed E-state index contributed by atoms with van der Waals surface area (Å²) in [7, 11) is 0. The van der Waals surface area contributed by atoms with Crippen LogP contribution in [0.5, 0.6) is 0 Å². The molecule has 2 unspecified atom stereocenters. The zero-order valence-corrected chi connectivity index (χ0v) is 13.3. The van der Waals surface area contributed by atoms with Crippen molar-refractivity contribution in [2.24, 2.45) is 11.8 Å². The number of hydrogen-bond donors (Lipinski definition) is 1. The van der Waals surface area contributed by atoms with Crippen molar-refractivity contribution in [2.75, 3.05) is 5.32 Å². The van der Waals surface area contributed by atoms with Crippen LogP contribution in [0.3, 0.4) is 0 Å². The molecule has 0 radical (unpaired) electrons. The van der Waals surface area contributed by atoms with Crippen molar-refractivity contribution in [3.05, 3.63) is 33.9 Å². The number of nitro benzene ring substituents is 1. The van der Waals surface area contributed by atoms with Gasteiger partial charge in [0.1, 0.15) is 5.69 Å². The summed E-state index contributed by atoms with van der Waals surface area (Å²) in [5.74, 6) is 1.53. The van der Waals surface area contributed by atoms with Gasteiger partial charge in [0, 0.05) is 12.1 Å². The van der Waals surface area contributed by atoms with Crippen LogP contribution in [0.2, 0.25) is 0 Å². The van der Waals surface area contributed by atoms with Crippen LogP contribution in [0.25, 0.3) is 0 Å². The fraction of sp³-hybridized carbons (Fsp3) is 0.647. The lowest BCUT2D eigenvalue weighted by Gasteiger charge is -2.20. The second-order valence-corrected chi connectivity index (χ2v) is 6.63. The molecule has 1 aromatic rings. The van der Waals surface area contributed by atoms with Gasteiger partial charge in [-0.25, -0.2) is 0 Å². The van der Waals surface area contributed by atoms with E-state index in [9.17, 15) is 10.1 Å². The average Bonchev–Trinajstić information content (AvgIpc) is 2.64. The fourth-order valence-corrected chi connectivity index (χ4v) is 3.29. The third-order valence-electron chi connectivity index (χ3n) is 4.66. The van der Waals surface area contributed by atoms with Gasteiger partial charge in [0.25, 0.3) is 5.69 Å². The molecule has 1 N–H and O–H groups in total. The maximum Gasteiger partial charge on any atom is 0.292 e. The van der Waals surface area contributed by atoms with Crippen molar-refractivity contribution in [2.45, 2.75) is 58.9 Å². The predicted octanol–water partition coefficient (Wildman–Crippen LogP) is 4.92. The summed E-state index contributed by atoms with van der Waals surface area (Å²) in [5, 5.41) is 14.6. The van der Waals surface area contributed by atoms with E-state index in [1.165, 1.54) is 19.3 Å². The Bertz CT molecular complexity index is 500. The molecule has 1 saturated carbocycles. The molecule has 0 saturated heterocycles. The standard InChI is InChI=1S/C17H26N2O2/c1-12(2)14-5-4-6-15(9-8-14)18-16-11-13(3)7-10-17(16)19(20)21/h7,10-12,14-15,18H,4-6,8-9H2,1-3H3. The smallest absolute Gasteiger partial charge is 0.292 e. The van der Waals surface area contributed by atoms with Gasteiger partial charge in [-0.05, 0) is 49.7 Å². The van der Waals surface area contributed by atoms with E-state index < -0.39 is 0 Å². The van der Waals surface area contributed by atoms with E-state index in [1.54, 1.807) is 12.1 Å².